The van der Waals surface area contributed by atoms with Gasteiger partial charge in [-0.3, -0.25) is 4.79 Å². The summed E-state index contributed by atoms with van der Waals surface area (Å²) in [7, 11) is 0. The van der Waals surface area contributed by atoms with Crippen LogP contribution in [-0.4, -0.2) is 15.9 Å². The molecule has 6 nitrogen and oxygen atoms in total. The predicted octanol–water partition coefficient (Wildman–Crippen LogP) is 3.14. The summed E-state index contributed by atoms with van der Waals surface area (Å²) in [5, 5.41) is 6.74. The molecule has 0 radical (unpaired) electrons. The van der Waals surface area contributed by atoms with Crippen molar-refractivity contribution in [1.29, 1.82) is 0 Å². The van der Waals surface area contributed by atoms with Gasteiger partial charge in [0.15, 0.2) is 0 Å². The second kappa shape index (κ2) is 7.12. The third-order valence-electron chi connectivity index (χ3n) is 3.69. The number of nitrogens with one attached hydrogen (secondary N) is 1. The zero-order chi connectivity index (χ0) is 17.8. The van der Waals surface area contributed by atoms with E-state index in [9.17, 15) is 9.18 Å². The van der Waals surface area contributed by atoms with Crippen molar-refractivity contribution in [2.24, 2.45) is 0 Å². The molecule has 0 bridgehead atoms. The van der Waals surface area contributed by atoms with Crippen molar-refractivity contribution < 1.29 is 13.7 Å². The van der Waals surface area contributed by atoms with E-state index in [1.54, 1.807) is 43.5 Å². The fraction of sp³-hybridized carbons (Fsp3) is 0.167. The number of nitrogens with zero attached hydrogens (tertiary/aromatic N) is 2. The van der Waals surface area contributed by atoms with Crippen LogP contribution in [0.3, 0.4) is 0 Å². The van der Waals surface area contributed by atoms with E-state index in [4.69, 9.17) is 10.3 Å². The molecule has 0 aliphatic rings. The van der Waals surface area contributed by atoms with Crippen LogP contribution in [0.4, 0.5) is 15.9 Å². The highest BCUT2D eigenvalue weighted by atomic mass is 19.1. The summed E-state index contributed by atoms with van der Waals surface area (Å²) < 4.78 is 19.0. The Labute approximate surface area is 143 Å². The Morgan fingerprint density at radius 1 is 1.32 bits per heavy atom. The van der Waals surface area contributed by atoms with Gasteiger partial charge in [0.1, 0.15) is 11.6 Å². The fourth-order valence-corrected chi connectivity index (χ4v) is 2.40. The lowest BCUT2D eigenvalue weighted by Gasteiger charge is -2.10. The molecule has 2 aromatic heterocycles. The molecule has 0 saturated carbocycles. The molecule has 0 aliphatic heterocycles. The Morgan fingerprint density at radius 3 is 2.88 bits per heavy atom. The Hall–Kier alpha value is -3.22. The molecule has 0 atom stereocenters. The number of carbonyl (C=O) groups is 1. The maximum atomic E-state index is 14.0. The highest BCUT2D eigenvalue weighted by Gasteiger charge is 2.14. The largest absolute Gasteiger partial charge is 0.382 e. The number of rotatable bonds is 6. The van der Waals surface area contributed by atoms with Crippen LogP contribution in [0.25, 0.3) is 0 Å². The van der Waals surface area contributed by atoms with Gasteiger partial charge < -0.3 is 15.6 Å². The highest BCUT2D eigenvalue weighted by molar-refractivity contribution is 5.95. The first-order valence-electron chi connectivity index (χ1n) is 7.71. The number of hydrogen-bond acceptors (Lipinski definition) is 6. The zero-order valence-electron chi connectivity index (χ0n) is 13.6. The summed E-state index contributed by atoms with van der Waals surface area (Å²) >= 11 is 0. The van der Waals surface area contributed by atoms with Crippen LogP contribution in [0.2, 0.25) is 0 Å². The first-order valence-corrected chi connectivity index (χ1v) is 7.71. The number of nitrogen functional groups attached to an aromatic ring is 1. The molecular formula is C18H17FN4O2. The SMILES string of the molecule is Cc1cc(C(=O)Cc2ccc(F)c(CNc3cccnc3N)c2)on1. The fourth-order valence-electron chi connectivity index (χ4n) is 2.40. The van der Waals surface area contributed by atoms with E-state index in [1.165, 1.54) is 6.07 Å². The van der Waals surface area contributed by atoms with Crippen LogP contribution in [0, 0.1) is 12.7 Å². The van der Waals surface area contributed by atoms with E-state index < -0.39 is 0 Å². The summed E-state index contributed by atoms with van der Waals surface area (Å²) in [5.41, 5.74) is 8.15. The third kappa shape index (κ3) is 4.00. The van der Waals surface area contributed by atoms with Crippen molar-refractivity contribution in [3.8, 4) is 0 Å². The molecular weight excluding hydrogens is 323 g/mol. The lowest BCUT2D eigenvalue weighted by molar-refractivity contribution is 0.0957. The average Bonchev–Trinajstić information content (AvgIpc) is 3.03. The number of anilines is 2. The molecule has 3 aromatic rings. The van der Waals surface area contributed by atoms with Crippen molar-refractivity contribution in [2.45, 2.75) is 19.9 Å². The number of Topliss-reactive ketones (excluding diaryl/α,β-unsaturated/α-hetero) is 1. The van der Waals surface area contributed by atoms with E-state index in [2.05, 4.69) is 15.5 Å². The Morgan fingerprint density at radius 2 is 2.16 bits per heavy atom. The highest BCUT2D eigenvalue weighted by Crippen LogP contribution is 2.18. The first kappa shape index (κ1) is 16.6. The number of halogens is 1. The molecule has 0 spiro atoms. The van der Waals surface area contributed by atoms with Crippen LogP contribution in [0.5, 0.6) is 0 Å². The minimum atomic E-state index is -0.360. The minimum Gasteiger partial charge on any atom is -0.382 e. The van der Waals surface area contributed by atoms with Crippen LogP contribution in [0.1, 0.15) is 27.4 Å². The maximum Gasteiger partial charge on any atom is 0.205 e. The van der Waals surface area contributed by atoms with Gasteiger partial charge in [-0.15, -0.1) is 0 Å². The monoisotopic (exact) mass is 340 g/mol. The van der Waals surface area contributed by atoms with Crippen molar-refractivity contribution in [2.75, 3.05) is 11.1 Å². The van der Waals surface area contributed by atoms with Crippen LogP contribution < -0.4 is 11.1 Å². The Balaban J connectivity index is 1.72. The molecule has 7 heteroatoms. The standard InChI is InChI=1S/C18H17FN4O2/c1-11-7-17(25-23-11)16(24)9-12-4-5-14(19)13(8-12)10-22-15-3-2-6-21-18(15)20/h2-8,22H,9-10H2,1H3,(H2,20,21). The van der Waals surface area contributed by atoms with Crippen molar-refractivity contribution in [1.82, 2.24) is 10.1 Å². The van der Waals surface area contributed by atoms with Crippen molar-refractivity contribution in [3.63, 3.8) is 0 Å². The molecule has 0 fully saturated rings. The van der Waals surface area contributed by atoms with Gasteiger partial charge >= 0.3 is 0 Å². The van der Waals surface area contributed by atoms with Gasteiger partial charge in [-0.25, -0.2) is 9.37 Å². The molecule has 0 aliphatic carbocycles. The molecule has 128 valence electrons. The summed E-state index contributed by atoms with van der Waals surface area (Å²) in [6.07, 6.45) is 1.69. The number of benzene rings is 1. The molecule has 3 rings (SSSR count). The third-order valence-corrected chi connectivity index (χ3v) is 3.69. The Kier molecular flexibility index (Phi) is 4.74. The Bertz CT molecular complexity index is 908. The predicted molar refractivity (Wildman–Crippen MR) is 91.7 cm³/mol. The minimum absolute atomic E-state index is 0.108. The summed E-state index contributed by atoms with van der Waals surface area (Å²) in [6, 6.07) is 9.66. The van der Waals surface area contributed by atoms with Crippen LogP contribution in [-0.2, 0) is 13.0 Å². The molecule has 25 heavy (non-hydrogen) atoms. The van der Waals surface area contributed by atoms with Gasteiger partial charge in [-0.2, -0.15) is 0 Å². The van der Waals surface area contributed by atoms with Gasteiger partial charge in [-0.05, 0) is 30.7 Å². The van der Waals surface area contributed by atoms with E-state index in [0.717, 1.165) is 0 Å². The number of ketones is 1. The van der Waals surface area contributed by atoms with Gasteiger partial charge in [0.05, 0.1) is 11.4 Å². The van der Waals surface area contributed by atoms with Gasteiger partial charge in [0, 0.05) is 30.8 Å². The maximum absolute atomic E-state index is 14.0. The lowest BCUT2D eigenvalue weighted by atomic mass is 10.0. The van der Waals surface area contributed by atoms with Crippen LogP contribution >= 0.6 is 0 Å². The quantitative estimate of drug-likeness (QED) is 0.670. The first-order chi connectivity index (χ1) is 12.0. The lowest BCUT2D eigenvalue weighted by Crippen LogP contribution is -2.07. The number of carbonyl (C=O) groups excluding carboxylic acids is 1. The van der Waals surface area contributed by atoms with E-state index in [-0.39, 0.29) is 30.3 Å². The summed E-state index contributed by atoms with van der Waals surface area (Å²) in [5.74, 6) is -0.0242. The second-order valence-electron chi connectivity index (χ2n) is 5.65. The molecule has 0 unspecified atom stereocenters. The molecule has 0 saturated heterocycles. The summed E-state index contributed by atoms with van der Waals surface area (Å²) in [4.78, 5) is 16.1. The van der Waals surface area contributed by atoms with Crippen molar-refractivity contribution in [3.05, 3.63) is 71.0 Å². The number of pyridine rings is 1. The number of nitrogens with two attached hydrogens (primary N) is 1. The normalized spacial score (nSPS) is 10.6. The van der Waals surface area contributed by atoms with Gasteiger partial charge in [0.25, 0.3) is 0 Å². The number of aromatic nitrogens is 2. The van der Waals surface area contributed by atoms with E-state index >= 15 is 0 Å². The molecule has 2 heterocycles. The topological polar surface area (TPSA) is 94.0 Å². The van der Waals surface area contributed by atoms with E-state index in [1.807, 2.05) is 0 Å². The number of aryl methyl sites for hydroxylation is 1. The van der Waals surface area contributed by atoms with Crippen molar-refractivity contribution >= 4 is 17.3 Å². The molecule has 1 aromatic carbocycles. The molecule has 0 amide bonds. The van der Waals surface area contributed by atoms with Gasteiger partial charge in [0.2, 0.25) is 11.5 Å². The second-order valence-corrected chi connectivity index (χ2v) is 5.65. The zero-order valence-corrected chi connectivity index (χ0v) is 13.6. The van der Waals surface area contributed by atoms with Crippen LogP contribution in [0.15, 0.2) is 47.1 Å². The average molecular weight is 340 g/mol. The smallest absolute Gasteiger partial charge is 0.205 e. The number of hydrogen-bond donors (Lipinski definition) is 2. The summed E-state index contributed by atoms with van der Waals surface area (Å²) in [6.45, 7) is 1.97. The van der Waals surface area contributed by atoms with Gasteiger partial charge in [-0.1, -0.05) is 17.3 Å². The van der Waals surface area contributed by atoms with E-state index in [0.29, 0.717) is 28.3 Å². The molecule has 3 N–H and O–H groups in total.